The molecule has 0 N–H and O–H groups in total. The van der Waals surface area contributed by atoms with Crippen LogP contribution in [0.25, 0.3) is 6.08 Å². The van der Waals surface area contributed by atoms with Crippen LogP contribution in [0.3, 0.4) is 0 Å². The summed E-state index contributed by atoms with van der Waals surface area (Å²) in [6, 6.07) is 11.1. The lowest BCUT2D eigenvalue weighted by atomic mass is 10.1. The first-order valence-electron chi connectivity index (χ1n) is 8.24. The van der Waals surface area contributed by atoms with E-state index in [0.29, 0.717) is 10.0 Å². The predicted molar refractivity (Wildman–Crippen MR) is 108 cm³/mol. The molecule has 0 bridgehead atoms. The summed E-state index contributed by atoms with van der Waals surface area (Å²) in [4.78, 5) is 0.162. The average Bonchev–Trinajstić information content (AvgIpc) is 2.60. The summed E-state index contributed by atoms with van der Waals surface area (Å²) in [5, 5.41) is 0. The lowest BCUT2D eigenvalue weighted by Crippen LogP contribution is -2.32. The van der Waals surface area contributed by atoms with Crippen LogP contribution in [-0.4, -0.2) is 25.8 Å². The number of hydrogen-bond donors (Lipinski definition) is 0. The van der Waals surface area contributed by atoms with Gasteiger partial charge in [-0.25, -0.2) is 8.42 Å². The van der Waals surface area contributed by atoms with Gasteiger partial charge in [0.1, 0.15) is 0 Å². The summed E-state index contributed by atoms with van der Waals surface area (Å²) >= 11 is 3.18. The number of rotatable bonds is 7. The van der Waals surface area contributed by atoms with E-state index in [-0.39, 0.29) is 18.0 Å². The van der Waals surface area contributed by atoms with Gasteiger partial charge in [-0.2, -0.15) is 17.5 Å². The van der Waals surface area contributed by atoms with Crippen molar-refractivity contribution in [2.24, 2.45) is 0 Å². The number of benzene rings is 2. The third-order valence-corrected chi connectivity index (χ3v) is 5.94. The Bertz CT molecular complexity index is 950. The molecule has 0 saturated carbocycles. The van der Waals surface area contributed by atoms with Crippen LogP contribution in [0.1, 0.15) is 16.7 Å². The summed E-state index contributed by atoms with van der Waals surface area (Å²) in [6.45, 7) is 5.66. The Labute approximate surface area is 171 Å². The third-order valence-electron chi connectivity index (χ3n) is 3.86. The van der Waals surface area contributed by atoms with E-state index in [1.165, 1.54) is 28.6 Å². The normalized spacial score (nSPS) is 12.6. The molecule has 0 heterocycles. The van der Waals surface area contributed by atoms with Crippen LogP contribution in [0.4, 0.5) is 13.2 Å². The molecule has 8 heteroatoms. The second kappa shape index (κ2) is 9.07. The summed E-state index contributed by atoms with van der Waals surface area (Å²) in [7, 11) is -3.75. The molecule has 0 spiro atoms. The first-order valence-corrected chi connectivity index (χ1v) is 10.5. The molecule has 2 aromatic rings. The van der Waals surface area contributed by atoms with Crippen LogP contribution in [0, 0.1) is 6.92 Å². The molecule has 2 rings (SSSR count). The lowest BCUT2D eigenvalue weighted by Gasteiger charge is -2.20. The van der Waals surface area contributed by atoms with Crippen molar-refractivity contribution in [3.05, 3.63) is 82.4 Å². The minimum atomic E-state index is -4.39. The van der Waals surface area contributed by atoms with Gasteiger partial charge >= 0.3 is 6.18 Å². The van der Waals surface area contributed by atoms with E-state index in [9.17, 15) is 21.6 Å². The van der Waals surface area contributed by atoms with Crippen molar-refractivity contribution in [3.8, 4) is 0 Å². The van der Waals surface area contributed by atoms with Crippen LogP contribution in [0.2, 0.25) is 0 Å². The van der Waals surface area contributed by atoms with Gasteiger partial charge < -0.3 is 0 Å². The van der Waals surface area contributed by atoms with E-state index in [2.05, 4.69) is 22.5 Å². The van der Waals surface area contributed by atoms with Gasteiger partial charge in [-0.15, -0.1) is 0 Å². The molecular formula is C20H19BrF3NO2S. The van der Waals surface area contributed by atoms with Crippen LogP contribution in [-0.2, 0) is 16.2 Å². The van der Waals surface area contributed by atoms with E-state index >= 15 is 0 Å². The number of sulfonamides is 1. The fourth-order valence-electron chi connectivity index (χ4n) is 2.39. The van der Waals surface area contributed by atoms with E-state index < -0.39 is 21.8 Å². The monoisotopic (exact) mass is 473 g/mol. The molecule has 0 aliphatic rings. The van der Waals surface area contributed by atoms with Gasteiger partial charge in [0.2, 0.25) is 10.0 Å². The lowest BCUT2D eigenvalue weighted by molar-refractivity contribution is -0.137. The molecule has 0 aliphatic heterocycles. The van der Waals surface area contributed by atoms with Gasteiger partial charge in [0.15, 0.2) is 0 Å². The van der Waals surface area contributed by atoms with Gasteiger partial charge in [0, 0.05) is 17.6 Å². The molecule has 0 saturated heterocycles. The number of alkyl halides is 3. The van der Waals surface area contributed by atoms with Gasteiger partial charge in [0.05, 0.1) is 10.5 Å². The van der Waals surface area contributed by atoms with Crippen LogP contribution < -0.4 is 0 Å². The van der Waals surface area contributed by atoms with Gasteiger partial charge in [-0.3, -0.25) is 0 Å². The minimum absolute atomic E-state index is 0.0435. The first-order chi connectivity index (χ1) is 13.0. The highest BCUT2D eigenvalue weighted by Gasteiger charge is 2.29. The van der Waals surface area contributed by atoms with Crippen LogP contribution in [0.5, 0.6) is 0 Å². The third kappa shape index (κ3) is 6.05. The summed E-state index contributed by atoms with van der Waals surface area (Å²) in [6.07, 6.45) is -1.23. The zero-order valence-electron chi connectivity index (χ0n) is 15.1. The second-order valence-corrected chi connectivity index (χ2v) is 9.21. The molecule has 0 radical (unpaired) electrons. The molecule has 0 amide bonds. The molecule has 0 fully saturated rings. The number of aryl methyl sites for hydroxylation is 1. The smallest absolute Gasteiger partial charge is 0.207 e. The topological polar surface area (TPSA) is 37.4 Å². The zero-order valence-corrected chi connectivity index (χ0v) is 17.5. The number of hydrogen-bond acceptors (Lipinski definition) is 2. The maximum absolute atomic E-state index is 12.9. The largest absolute Gasteiger partial charge is 0.416 e. The highest BCUT2D eigenvalue weighted by Crippen LogP contribution is 2.29. The second-order valence-electron chi connectivity index (χ2n) is 6.15. The Balaban J connectivity index is 2.19. The summed E-state index contributed by atoms with van der Waals surface area (Å²) < 4.78 is 65.3. The quantitative estimate of drug-likeness (QED) is 0.522. The highest BCUT2D eigenvalue weighted by atomic mass is 79.9. The molecule has 0 aliphatic carbocycles. The van der Waals surface area contributed by atoms with Crippen LogP contribution >= 0.6 is 15.9 Å². The zero-order chi connectivity index (χ0) is 20.9. The Morgan fingerprint density at radius 2 is 1.68 bits per heavy atom. The molecular weight excluding hydrogens is 455 g/mol. The Morgan fingerprint density at radius 1 is 1.11 bits per heavy atom. The molecule has 0 unspecified atom stereocenters. The maximum Gasteiger partial charge on any atom is 0.416 e. The van der Waals surface area contributed by atoms with Gasteiger partial charge in [-0.1, -0.05) is 64.5 Å². The molecule has 28 heavy (non-hydrogen) atoms. The minimum Gasteiger partial charge on any atom is -0.207 e. The highest BCUT2D eigenvalue weighted by molar-refractivity contribution is 9.11. The standard InChI is InChI=1S/C20H19BrF3NO2S/c1-15-5-11-19(12-6-15)28(26,27)25(14-16(2)21)13-3-4-17-7-9-18(10-8-17)20(22,23)24/h3-12H,2,13-14H2,1H3/b4-3+. The van der Waals surface area contributed by atoms with Gasteiger partial charge in [0.25, 0.3) is 0 Å². The Hall–Kier alpha value is -1.90. The Kier molecular flexibility index (Phi) is 7.25. The molecule has 150 valence electrons. The van der Waals surface area contributed by atoms with Crippen molar-refractivity contribution in [1.29, 1.82) is 0 Å². The molecule has 2 aromatic carbocycles. The van der Waals surface area contributed by atoms with Crippen molar-refractivity contribution < 1.29 is 21.6 Å². The SMILES string of the molecule is C=C(Br)CN(C/C=C/c1ccc(C(F)(F)F)cc1)S(=O)(=O)c1ccc(C)cc1. The summed E-state index contributed by atoms with van der Waals surface area (Å²) in [5.74, 6) is 0. The van der Waals surface area contributed by atoms with Crippen molar-refractivity contribution in [2.45, 2.75) is 18.0 Å². The Morgan fingerprint density at radius 3 is 2.18 bits per heavy atom. The fourth-order valence-corrected chi connectivity index (χ4v) is 4.24. The molecule has 0 atom stereocenters. The molecule has 0 aromatic heterocycles. The van der Waals surface area contributed by atoms with Crippen molar-refractivity contribution >= 4 is 32.0 Å². The van der Waals surface area contributed by atoms with Gasteiger partial charge in [-0.05, 0) is 36.8 Å². The number of halogens is 4. The molecule has 3 nitrogen and oxygen atoms in total. The van der Waals surface area contributed by atoms with E-state index in [1.54, 1.807) is 24.3 Å². The van der Waals surface area contributed by atoms with Crippen molar-refractivity contribution in [1.82, 2.24) is 4.31 Å². The number of nitrogens with zero attached hydrogens (tertiary/aromatic N) is 1. The average molecular weight is 474 g/mol. The predicted octanol–water partition coefficient (Wildman–Crippen LogP) is 5.63. The first kappa shape index (κ1) is 22.4. The fraction of sp³-hybridized carbons (Fsp3) is 0.200. The summed E-state index contributed by atoms with van der Waals surface area (Å²) in [5.41, 5.74) is 0.750. The van der Waals surface area contributed by atoms with Crippen LogP contribution in [0.15, 0.2) is 70.6 Å². The van der Waals surface area contributed by atoms with Crippen molar-refractivity contribution in [3.63, 3.8) is 0 Å². The maximum atomic E-state index is 12.9. The van der Waals surface area contributed by atoms with E-state index in [1.807, 2.05) is 6.92 Å². The van der Waals surface area contributed by atoms with E-state index in [0.717, 1.165) is 17.7 Å². The van der Waals surface area contributed by atoms with Crippen molar-refractivity contribution in [2.75, 3.05) is 13.1 Å². The van der Waals surface area contributed by atoms with E-state index in [4.69, 9.17) is 0 Å².